The van der Waals surface area contributed by atoms with Crippen LogP contribution < -0.4 is 16.0 Å². The molecule has 1 aromatic heterocycles. The van der Waals surface area contributed by atoms with E-state index in [9.17, 15) is 19.2 Å². The molecule has 1 aromatic rings. The molecule has 4 N–H and O–H groups in total. The Labute approximate surface area is 212 Å². The zero-order valence-electron chi connectivity index (χ0n) is 21.4. The number of unbranched alkanes of at least 4 members (excludes halogenated alkanes) is 1. The summed E-state index contributed by atoms with van der Waals surface area (Å²) in [6, 6.07) is -1.13. The lowest BCUT2D eigenvalue weighted by atomic mass is 9.85. The number of likely N-dealkylation sites (tertiary alicyclic amines) is 1. The van der Waals surface area contributed by atoms with Crippen LogP contribution in [0, 0.1) is 17.8 Å². The van der Waals surface area contributed by atoms with Crippen molar-refractivity contribution in [2.45, 2.75) is 57.5 Å². The molecular weight excluding hydrogens is 463 g/mol. The number of piperidine rings is 1. The van der Waals surface area contributed by atoms with E-state index >= 15 is 0 Å². The van der Waals surface area contributed by atoms with Crippen molar-refractivity contribution in [2.24, 2.45) is 5.92 Å². The van der Waals surface area contributed by atoms with E-state index in [-0.39, 0.29) is 42.4 Å². The van der Waals surface area contributed by atoms with Crippen LogP contribution in [0.25, 0.3) is 0 Å². The number of hydrogen-bond acceptors (Lipinski definition) is 8. The summed E-state index contributed by atoms with van der Waals surface area (Å²) in [6.07, 6.45) is 4.77. The molecule has 0 bridgehead atoms. The van der Waals surface area contributed by atoms with Crippen LogP contribution in [0.2, 0.25) is 0 Å². The van der Waals surface area contributed by atoms with Crippen LogP contribution in [0.3, 0.4) is 0 Å². The monoisotopic (exact) mass is 498 g/mol. The Morgan fingerprint density at radius 3 is 2.42 bits per heavy atom. The summed E-state index contributed by atoms with van der Waals surface area (Å²) in [6.45, 7) is 4.78. The van der Waals surface area contributed by atoms with Crippen LogP contribution in [0.15, 0.2) is 12.4 Å². The third-order valence-electron chi connectivity index (χ3n) is 5.98. The van der Waals surface area contributed by atoms with E-state index in [4.69, 9.17) is 5.11 Å². The molecule has 0 aliphatic carbocycles. The van der Waals surface area contributed by atoms with Crippen molar-refractivity contribution in [2.75, 3.05) is 26.7 Å². The average Bonchev–Trinajstić information content (AvgIpc) is 2.83. The summed E-state index contributed by atoms with van der Waals surface area (Å²) in [5.74, 6) is 4.50. The fourth-order valence-electron chi connectivity index (χ4n) is 3.76. The Morgan fingerprint density at radius 2 is 1.83 bits per heavy atom. The van der Waals surface area contributed by atoms with Crippen LogP contribution in [0.4, 0.5) is 0 Å². The van der Waals surface area contributed by atoms with E-state index in [2.05, 4.69) is 42.7 Å². The second-order valence-electron chi connectivity index (χ2n) is 9.48. The topological polar surface area (TPSA) is 154 Å². The summed E-state index contributed by atoms with van der Waals surface area (Å²) in [5.41, 5.74) is -0.750. The Bertz CT molecular complexity index is 996. The summed E-state index contributed by atoms with van der Waals surface area (Å²) in [5, 5.41) is 17.4. The molecule has 194 valence electrons. The van der Waals surface area contributed by atoms with Crippen molar-refractivity contribution in [1.82, 2.24) is 30.8 Å². The largest absolute Gasteiger partial charge is 0.479 e. The van der Waals surface area contributed by atoms with Gasteiger partial charge in [0.2, 0.25) is 17.7 Å². The number of aromatic hydroxyl groups is 1. The minimum atomic E-state index is -1.13. The van der Waals surface area contributed by atoms with E-state index < -0.39 is 17.5 Å². The minimum absolute atomic E-state index is 0.0979. The Hall–Kier alpha value is -3.46. The van der Waals surface area contributed by atoms with E-state index in [0.29, 0.717) is 44.3 Å². The molecule has 0 aromatic carbocycles. The number of rotatable bonds is 10. The molecule has 0 radical (unpaired) electrons. The van der Waals surface area contributed by atoms with Gasteiger partial charge in [-0.2, -0.15) is 0 Å². The third kappa shape index (κ3) is 8.96. The molecule has 12 heteroatoms. The first kappa shape index (κ1) is 28.8. The van der Waals surface area contributed by atoms with Gasteiger partial charge in [-0.3, -0.25) is 14.4 Å². The lowest BCUT2D eigenvalue weighted by Crippen LogP contribution is -2.66. The van der Waals surface area contributed by atoms with Crippen LogP contribution in [0.5, 0.6) is 6.01 Å². The summed E-state index contributed by atoms with van der Waals surface area (Å²) in [4.78, 5) is 59.5. The zero-order chi connectivity index (χ0) is 26.7. The molecule has 2 rings (SSSR count). The first-order chi connectivity index (χ1) is 17.0. The average molecular weight is 498 g/mol. The molecule has 1 atom stereocenters. The highest BCUT2D eigenvalue weighted by Gasteiger charge is 2.43. The summed E-state index contributed by atoms with van der Waals surface area (Å²) in [7, 11) is 3.33. The first-order valence-electron chi connectivity index (χ1n) is 12.1. The fourth-order valence-corrected chi connectivity index (χ4v) is 3.76. The van der Waals surface area contributed by atoms with Gasteiger partial charge in [-0.05, 0) is 32.2 Å². The van der Waals surface area contributed by atoms with Crippen LogP contribution >= 0.6 is 0 Å². The maximum Gasteiger partial charge on any atom is 0.313 e. The second kappa shape index (κ2) is 13.6. The molecule has 1 fully saturated rings. The van der Waals surface area contributed by atoms with Crippen LogP contribution in [-0.2, 0) is 19.2 Å². The number of carbonyl (C=O) groups is 4. The van der Waals surface area contributed by atoms with Gasteiger partial charge in [0.15, 0.2) is 7.85 Å². The molecule has 1 aliphatic heterocycles. The summed E-state index contributed by atoms with van der Waals surface area (Å²) >= 11 is 0. The highest BCUT2D eigenvalue weighted by Crippen LogP contribution is 2.23. The normalized spacial score (nSPS) is 15.8. The molecule has 1 saturated heterocycles. The Morgan fingerprint density at radius 1 is 1.19 bits per heavy atom. The molecule has 2 heterocycles. The highest BCUT2D eigenvalue weighted by molar-refractivity contribution is 6.58. The van der Waals surface area contributed by atoms with Gasteiger partial charge in [0.05, 0.1) is 12.1 Å². The molecule has 1 aliphatic rings. The Balaban J connectivity index is 1.95. The van der Waals surface area contributed by atoms with Gasteiger partial charge in [0.1, 0.15) is 17.3 Å². The minimum Gasteiger partial charge on any atom is -0.479 e. The second-order valence-corrected chi connectivity index (χ2v) is 9.48. The van der Waals surface area contributed by atoms with Crippen molar-refractivity contribution in [3.63, 3.8) is 0 Å². The predicted octanol–water partition coefficient (Wildman–Crippen LogP) is -1.30. The standard InChI is InChI=1S/C24H35BN6O5/c1-16(2)20(29-19(33)8-6-4-5-7-17-13-27-23(36)28-14-17)21(34)30-24(9-11-31(3)12-10-24)22(35)26-15-18(25)32/h13-14,16,20H,4,6,8-12,15,25H2,1-3H3,(H,26,35)(H,29,33)(H,30,34)(H,27,28,36)/t20-/m0/s1. The van der Waals surface area contributed by atoms with Crippen LogP contribution in [0.1, 0.15) is 51.5 Å². The van der Waals surface area contributed by atoms with E-state index in [1.54, 1.807) is 0 Å². The molecule has 0 saturated carbocycles. The first-order valence-corrected chi connectivity index (χ1v) is 12.1. The number of nitrogens with one attached hydrogen (secondary N) is 3. The SMILES string of the molecule is BC(=O)CNC(=O)C1(NC(=O)[C@@H](NC(=O)CCCC#Cc2cnc(O)nc2)C(C)C)CCN(C)CC1. The van der Waals surface area contributed by atoms with Gasteiger partial charge in [-0.15, -0.1) is 0 Å². The van der Waals surface area contributed by atoms with Crippen molar-refractivity contribution >= 4 is 31.3 Å². The lowest BCUT2D eigenvalue weighted by molar-refractivity contribution is -0.138. The maximum atomic E-state index is 13.2. The smallest absolute Gasteiger partial charge is 0.313 e. The zero-order valence-corrected chi connectivity index (χ0v) is 21.4. The molecule has 11 nitrogen and oxygen atoms in total. The fraction of sp³-hybridized carbons (Fsp3) is 0.583. The molecule has 36 heavy (non-hydrogen) atoms. The van der Waals surface area contributed by atoms with Crippen LogP contribution in [-0.4, -0.2) is 89.5 Å². The number of carbonyl (C=O) groups excluding carboxylic acids is 4. The molecule has 0 spiro atoms. The number of aromatic nitrogens is 2. The van der Waals surface area contributed by atoms with Gasteiger partial charge in [0.25, 0.3) is 0 Å². The maximum absolute atomic E-state index is 13.2. The number of nitrogens with zero attached hydrogens (tertiary/aromatic N) is 3. The van der Waals surface area contributed by atoms with Gasteiger partial charge < -0.3 is 30.8 Å². The molecule has 3 amide bonds. The summed E-state index contributed by atoms with van der Waals surface area (Å²) < 4.78 is 0. The van der Waals surface area contributed by atoms with Gasteiger partial charge in [0, 0.05) is 38.3 Å². The van der Waals surface area contributed by atoms with Gasteiger partial charge in [-0.1, -0.05) is 25.7 Å². The van der Waals surface area contributed by atoms with Crippen molar-refractivity contribution < 1.29 is 24.3 Å². The van der Waals surface area contributed by atoms with E-state index in [1.807, 2.05) is 20.9 Å². The van der Waals surface area contributed by atoms with E-state index in [1.165, 1.54) is 20.2 Å². The van der Waals surface area contributed by atoms with Gasteiger partial charge in [-0.25, -0.2) is 9.97 Å². The van der Waals surface area contributed by atoms with Gasteiger partial charge >= 0.3 is 6.01 Å². The predicted molar refractivity (Wildman–Crippen MR) is 135 cm³/mol. The van der Waals surface area contributed by atoms with E-state index in [0.717, 1.165) is 0 Å². The molecular formula is C24H35BN6O5. The van der Waals surface area contributed by atoms with Crippen molar-refractivity contribution in [1.29, 1.82) is 0 Å². The quantitative estimate of drug-likeness (QED) is 0.176. The number of amides is 3. The van der Waals surface area contributed by atoms with Crippen molar-refractivity contribution in [3.05, 3.63) is 18.0 Å². The highest BCUT2D eigenvalue weighted by atomic mass is 16.3. The Kier molecular flexibility index (Phi) is 10.9. The lowest BCUT2D eigenvalue weighted by Gasteiger charge is -2.41. The third-order valence-corrected chi connectivity index (χ3v) is 5.98. The van der Waals surface area contributed by atoms with Crippen molar-refractivity contribution in [3.8, 4) is 17.9 Å². The number of hydrogen-bond donors (Lipinski definition) is 4. The molecule has 0 unspecified atom stereocenters.